The third-order valence-electron chi connectivity index (χ3n) is 5.29. The van der Waals surface area contributed by atoms with E-state index in [4.69, 9.17) is 0 Å². The molecule has 0 aliphatic carbocycles. The van der Waals surface area contributed by atoms with E-state index in [0.717, 1.165) is 49.7 Å². The zero-order valence-electron chi connectivity index (χ0n) is 17.8. The number of hydrogen-bond acceptors (Lipinski definition) is 3. The fraction of sp³-hybridized carbons (Fsp3) is 0.696. The molecule has 1 aromatic carbocycles. The average Bonchev–Trinajstić information content (AvgIpc) is 2.55. The van der Waals surface area contributed by atoms with Crippen LogP contribution in [-0.2, 0) is 17.6 Å². The molecule has 1 aromatic rings. The molecule has 1 rings (SSSR count). The molecule has 0 aliphatic heterocycles. The molecule has 0 heterocycles. The van der Waals surface area contributed by atoms with Crippen LogP contribution in [0.3, 0.4) is 0 Å². The molecule has 0 saturated heterocycles. The van der Waals surface area contributed by atoms with E-state index in [-0.39, 0.29) is 11.5 Å². The minimum atomic E-state index is -0.759. The number of hydrogen-bond donors (Lipinski definition) is 3. The van der Waals surface area contributed by atoms with Crippen LogP contribution in [0.25, 0.3) is 0 Å². The highest BCUT2D eigenvalue weighted by atomic mass is 16.4. The highest BCUT2D eigenvalue weighted by Gasteiger charge is 2.26. The number of phenols is 2. The van der Waals surface area contributed by atoms with Crippen LogP contribution in [0.2, 0.25) is 0 Å². The Morgan fingerprint density at radius 1 is 0.852 bits per heavy atom. The molecule has 4 nitrogen and oxygen atoms in total. The first kappa shape index (κ1) is 23.3. The summed E-state index contributed by atoms with van der Waals surface area (Å²) in [5.41, 5.74) is 1.61. The van der Waals surface area contributed by atoms with Crippen molar-refractivity contribution in [3.05, 3.63) is 23.3 Å². The molecular formula is C23H38O4. The molecular weight excluding hydrogens is 340 g/mol. The van der Waals surface area contributed by atoms with Gasteiger partial charge in [-0.15, -0.1) is 0 Å². The van der Waals surface area contributed by atoms with Gasteiger partial charge in [0.15, 0.2) is 11.5 Å². The number of rotatable bonds is 11. The quantitative estimate of drug-likeness (QED) is 0.322. The van der Waals surface area contributed by atoms with Crippen LogP contribution in [0, 0.1) is 10.8 Å². The number of aromatic hydroxyl groups is 2. The Balaban J connectivity index is 2.57. The zero-order valence-corrected chi connectivity index (χ0v) is 17.8. The first-order chi connectivity index (χ1) is 12.4. The van der Waals surface area contributed by atoms with E-state index in [1.54, 1.807) is 19.9 Å². The van der Waals surface area contributed by atoms with Gasteiger partial charge in [0, 0.05) is 5.56 Å². The van der Waals surface area contributed by atoms with Crippen molar-refractivity contribution in [3.8, 4) is 11.5 Å². The summed E-state index contributed by atoms with van der Waals surface area (Å²) >= 11 is 0. The lowest BCUT2D eigenvalue weighted by atomic mass is 9.86. The molecule has 0 atom stereocenters. The molecule has 4 heteroatoms. The highest BCUT2D eigenvalue weighted by molar-refractivity contribution is 5.73. The Kier molecular flexibility index (Phi) is 8.64. The van der Waals surface area contributed by atoms with Crippen molar-refractivity contribution >= 4 is 5.97 Å². The molecule has 27 heavy (non-hydrogen) atoms. The van der Waals surface area contributed by atoms with Gasteiger partial charge in [0.2, 0.25) is 0 Å². The minimum Gasteiger partial charge on any atom is -0.504 e. The van der Waals surface area contributed by atoms with Gasteiger partial charge in [-0.05, 0) is 69.4 Å². The normalized spacial score (nSPS) is 12.3. The summed E-state index contributed by atoms with van der Waals surface area (Å²) in [7, 11) is 0. The van der Waals surface area contributed by atoms with Crippen molar-refractivity contribution in [3.63, 3.8) is 0 Å². The van der Waals surface area contributed by atoms with Gasteiger partial charge in [0.25, 0.3) is 0 Å². The summed E-state index contributed by atoms with van der Waals surface area (Å²) in [5.74, 6) is -0.810. The number of aryl methyl sites for hydroxylation is 1. The fourth-order valence-corrected chi connectivity index (χ4v) is 3.30. The summed E-state index contributed by atoms with van der Waals surface area (Å²) in [4.78, 5) is 11.2. The lowest BCUT2D eigenvalue weighted by Gasteiger charge is -2.19. The van der Waals surface area contributed by atoms with Crippen molar-refractivity contribution in [1.82, 2.24) is 0 Å². The second-order valence-corrected chi connectivity index (χ2v) is 9.59. The molecule has 154 valence electrons. The Hall–Kier alpha value is -1.71. The van der Waals surface area contributed by atoms with Crippen molar-refractivity contribution in [2.24, 2.45) is 10.8 Å². The molecule has 0 saturated carbocycles. The Morgan fingerprint density at radius 2 is 1.44 bits per heavy atom. The Labute approximate surface area is 164 Å². The summed E-state index contributed by atoms with van der Waals surface area (Å²) in [6.07, 6.45) is 8.29. The van der Waals surface area contributed by atoms with Crippen molar-refractivity contribution in [2.75, 3.05) is 0 Å². The topological polar surface area (TPSA) is 77.8 Å². The van der Waals surface area contributed by atoms with Gasteiger partial charge in [0.05, 0.1) is 5.41 Å². The fourth-order valence-electron chi connectivity index (χ4n) is 3.30. The van der Waals surface area contributed by atoms with Gasteiger partial charge < -0.3 is 15.3 Å². The predicted octanol–water partition coefficient (Wildman–Crippen LogP) is 6.07. The van der Waals surface area contributed by atoms with E-state index >= 15 is 0 Å². The summed E-state index contributed by atoms with van der Waals surface area (Å²) < 4.78 is 0. The first-order valence-electron chi connectivity index (χ1n) is 10.2. The zero-order chi connectivity index (χ0) is 20.7. The summed E-state index contributed by atoms with van der Waals surface area (Å²) in [6.45, 7) is 10.3. The van der Waals surface area contributed by atoms with Gasteiger partial charge in [-0.25, -0.2) is 0 Å². The molecule has 0 unspecified atom stereocenters. The van der Waals surface area contributed by atoms with Crippen LogP contribution >= 0.6 is 0 Å². The van der Waals surface area contributed by atoms with Crippen molar-refractivity contribution in [1.29, 1.82) is 0 Å². The van der Waals surface area contributed by atoms with Crippen molar-refractivity contribution in [2.45, 2.75) is 92.4 Å². The Morgan fingerprint density at radius 3 is 2.04 bits per heavy atom. The molecule has 0 spiro atoms. The first-order valence-corrected chi connectivity index (χ1v) is 10.2. The van der Waals surface area contributed by atoms with E-state index < -0.39 is 11.4 Å². The highest BCUT2D eigenvalue weighted by Crippen LogP contribution is 2.34. The monoisotopic (exact) mass is 378 g/mol. The minimum absolute atomic E-state index is 0.00851. The van der Waals surface area contributed by atoms with Gasteiger partial charge in [-0.3, -0.25) is 4.79 Å². The van der Waals surface area contributed by atoms with E-state index in [1.807, 2.05) is 6.07 Å². The number of carboxylic acid groups (broad SMARTS) is 1. The summed E-state index contributed by atoms with van der Waals surface area (Å²) in [6, 6.07) is 3.50. The molecule has 0 bridgehead atoms. The number of aliphatic carboxylic acids is 1. The molecule has 0 amide bonds. The molecule has 0 aliphatic rings. The number of carboxylic acids is 1. The standard InChI is InChI=1S/C23H38O4/c1-22(2,3)15-10-8-11-17-13-14-19(24)20(25)18(17)12-7-6-9-16-23(4,5)21(26)27/h13-14,24-25H,6-12,15-16H2,1-5H3,(H,26,27). The lowest BCUT2D eigenvalue weighted by molar-refractivity contribution is -0.147. The molecule has 3 N–H and O–H groups in total. The van der Waals surface area contributed by atoms with Gasteiger partial charge in [0.1, 0.15) is 0 Å². The SMILES string of the molecule is CC(C)(C)CCCCc1ccc(O)c(O)c1CCCCCC(C)(C)C(=O)O. The average molecular weight is 379 g/mol. The maximum Gasteiger partial charge on any atom is 0.309 e. The number of carbonyl (C=O) groups is 1. The van der Waals surface area contributed by atoms with Crippen molar-refractivity contribution < 1.29 is 20.1 Å². The molecule has 0 aromatic heterocycles. The van der Waals surface area contributed by atoms with E-state index in [0.29, 0.717) is 18.3 Å². The van der Waals surface area contributed by atoms with E-state index in [9.17, 15) is 20.1 Å². The van der Waals surface area contributed by atoms with Gasteiger partial charge in [-0.1, -0.05) is 46.1 Å². The van der Waals surface area contributed by atoms with E-state index in [1.165, 1.54) is 6.42 Å². The smallest absolute Gasteiger partial charge is 0.309 e. The van der Waals surface area contributed by atoms with Crippen LogP contribution in [0.5, 0.6) is 11.5 Å². The van der Waals surface area contributed by atoms with Crippen LogP contribution in [0.4, 0.5) is 0 Å². The van der Waals surface area contributed by atoms with Crippen LogP contribution in [0.15, 0.2) is 12.1 Å². The molecule has 0 radical (unpaired) electrons. The van der Waals surface area contributed by atoms with Gasteiger partial charge >= 0.3 is 5.97 Å². The third kappa shape index (κ3) is 8.23. The lowest BCUT2D eigenvalue weighted by Crippen LogP contribution is -2.23. The Bertz CT molecular complexity index is 612. The second kappa shape index (κ2) is 10.0. The number of unbranched alkanes of at least 4 members (excludes halogenated alkanes) is 3. The third-order valence-corrected chi connectivity index (χ3v) is 5.29. The van der Waals surface area contributed by atoms with Crippen LogP contribution in [0.1, 0.15) is 90.7 Å². The maximum atomic E-state index is 11.2. The number of benzene rings is 1. The van der Waals surface area contributed by atoms with Crippen LogP contribution < -0.4 is 0 Å². The van der Waals surface area contributed by atoms with E-state index in [2.05, 4.69) is 20.8 Å². The van der Waals surface area contributed by atoms with Gasteiger partial charge in [-0.2, -0.15) is 0 Å². The molecule has 0 fully saturated rings. The second-order valence-electron chi connectivity index (χ2n) is 9.59. The largest absolute Gasteiger partial charge is 0.504 e. The summed E-state index contributed by atoms with van der Waals surface area (Å²) in [5, 5.41) is 29.3. The number of phenolic OH excluding ortho intramolecular Hbond substituents is 2. The predicted molar refractivity (Wildman–Crippen MR) is 110 cm³/mol. The van der Waals surface area contributed by atoms with Crippen LogP contribution in [-0.4, -0.2) is 21.3 Å². The maximum absolute atomic E-state index is 11.2.